The number of allylic oxidation sites excluding steroid dienone is 1. The minimum absolute atomic E-state index is 0.733. The predicted octanol–water partition coefficient (Wildman–Crippen LogP) is 4.68. The van der Waals surface area contributed by atoms with Gasteiger partial charge in [0.05, 0.1) is 0 Å². The van der Waals surface area contributed by atoms with Crippen molar-refractivity contribution in [2.45, 2.75) is 47.0 Å². The van der Waals surface area contributed by atoms with Crippen molar-refractivity contribution in [3.8, 4) is 0 Å². The Morgan fingerprint density at radius 2 is 1.89 bits per heavy atom. The van der Waals surface area contributed by atoms with Crippen LogP contribution in [0.2, 0.25) is 0 Å². The van der Waals surface area contributed by atoms with Crippen molar-refractivity contribution in [2.24, 2.45) is 5.92 Å². The molecule has 19 heavy (non-hydrogen) atoms. The zero-order valence-corrected chi connectivity index (χ0v) is 13.0. The quantitative estimate of drug-likeness (QED) is 0.668. The maximum atomic E-state index is 3.47. The Labute approximate surface area is 119 Å². The molecule has 1 rings (SSSR count). The molecule has 0 radical (unpaired) electrons. The number of rotatable bonds is 8. The van der Waals surface area contributed by atoms with Crippen molar-refractivity contribution >= 4 is 5.57 Å². The molecule has 0 unspecified atom stereocenters. The number of hydrogen-bond acceptors (Lipinski definition) is 1. The lowest BCUT2D eigenvalue weighted by molar-refractivity contribution is 0.557. The second-order valence-electron chi connectivity index (χ2n) is 5.72. The minimum atomic E-state index is 0.733. The van der Waals surface area contributed by atoms with E-state index in [0.29, 0.717) is 0 Å². The van der Waals surface area contributed by atoms with Crippen molar-refractivity contribution in [1.29, 1.82) is 0 Å². The van der Waals surface area contributed by atoms with Crippen LogP contribution >= 0.6 is 0 Å². The van der Waals surface area contributed by atoms with Crippen molar-refractivity contribution in [3.05, 3.63) is 41.5 Å². The SMILES string of the molecule is CCCc1ccc(C(C)=CCCNCC(C)C)cc1. The first-order chi connectivity index (χ1) is 9.13. The molecule has 0 fully saturated rings. The first-order valence-corrected chi connectivity index (χ1v) is 7.60. The van der Waals surface area contributed by atoms with Gasteiger partial charge in [0, 0.05) is 0 Å². The van der Waals surface area contributed by atoms with E-state index in [1.165, 1.54) is 29.5 Å². The third-order valence-electron chi connectivity index (χ3n) is 3.27. The Balaban J connectivity index is 2.41. The first-order valence-electron chi connectivity index (χ1n) is 7.60. The van der Waals surface area contributed by atoms with Gasteiger partial charge in [-0.05, 0) is 55.5 Å². The van der Waals surface area contributed by atoms with Gasteiger partial charge < -0.3 is 5.32 Å². The molecule has 0 heterocycles. The molecule has 0 saturated carbocycles. The Hall–Kier alpha value is -1.08. The van der Waals surface area contributed by atoms with Crippen LogP contribution in [0.25, 0.3) is 5.57 Å². The molecule has 0 aliphatic carbocycles. The van der Waals surface area contributed by atoms with Gasteiger partial charge in [0.15, 0.2) is 0 Å². The Bertz CT molecular complexity index is 373. The van der Waals surface area contributed by atoms with Gasteiger partial charge in [-0.3, -0.25) is 0 Å². The average molecular weight is 259 g/mol. The van der Waals surface area contributed by atoms with Crippen LogP contribution in [0.4, 0.5) is 0 Å². The Kier molecular flexibility index (Phi) is 7.50. The molecule has 0 saturated heterocycles. The summed E-state index contributed by atoms with van der Waals surface area (Å²) in [6.07, 6.45) is 5.84. The molecule has 1 nitrogen and oxygen atoms in total. The van der Waals surface area contributed by atoms with Gasteiger partial charge in [0.2, 0.25) is 0 Å². The van der Waals surface area contributed by atoms with Crippen molar-refractivity contribution in [1.82, 2.24) is 5.32 Å². The average Bonchev–Trinajstić information content (AvgIpc) is 2.39. The monoisotopic (exact) mass is 259 g/mol. The zero-order valence-electron chi connectivity index (χ0n) is 13.0. The van der Waals surface area contributed by atoms with E-state index in [4.69, 9.17) is 0 Å². The summed E-state index contributed by atoms with van der Waals surface area (Å²) < 4.78 is 0. The molecular weight excluding hydrogens is 230 g/mol. The second kappa shape index (κ2) is 8.92. The smallest absolute Gasteiger partial charge is 0.00139 e. The molecule has 0 amide bonds. The van der Waals surface area contributed by atoms with Gasteiger partial charge in [-0.15, -0.1) is 0 Å². The highest BCUT2D eigenvalue weighted by atomic mass is 14.8. The highest BCUT2D eigenvalue weighted by molar-refractivity contribution is 5.63. The maximum Gasteiger partial charge on any atom is -0.00139 e. The van der Waals surface area contributed by atoms with Crippen LogP contribution in [-0.2, 0) is 6.42 Å². The van der Waals surface area contributed by atoms with Gasteiger partial charge in [-0.25, -0.2) is 0 Å². The third kappa shape index (κ3) is 6.58. The summed E-state index contributed by atoms with van der Waals surface area (Å²) in [5.74, 6) is 0.733. The standard InChI is InChI=1S/C18H29N/c1-5-7-17-9-11-18(12-10-17)16(4)8-6-13-19-14-15(2)3/h8-12,15,19H,5-7,13-14H2,1-4H3. The van der Waals surface area contributed by atoms with Gasteiger partial charge in [-0.1, -0.05) is 57.5 Å². The van der Waals surface area contributed by atoms with Crippen LogP contribution in [0.5, 0.6) is 0 Å². The fourth-order valence-electron chi connectivity index (χ4n) is 2.12. The van der Waals surface area contributed by atoms with Gasteiger partial charge in [0.1, 0.15) is 0 Å². The van der Waals surface area contributed by atoms with E-state index in [1.54, 1.807) is 0 Å². The number of nitrogens with one attached hydrogen (secondary N) is 1. The van der Waals surface area contributed by atoms with E-state index in [2.05, 4.69) is 63.4 Å². The summed E-state index contributed by atoms with van der Waals surface area (Å²) in [7, 11) is 0. The Morgan fingerprint density at radius 3 is 2.47 bits per heavy atom. The molecule has 1 aromatic rings. The van der Waals surface area contributed by atoms with Crippen LogP contribution in [0.15, 0.2) is 30.3 Å². The normalized spacial score (nSPS) is 12.2. The fraction of sp³-hybridized carbons (Fsp3) is 0.556. The molecular formula is C18H29N. The zero-order chi connectivity index (χ0) is 14.1. The van der Waals surface area contributed by atoms with Crippen molar-refractivity contribution in [3.63, 3.8) is 0 Å². The molecule has 1 N–H and O–H groups in total. The molecule has 0 aliphatic rings. The molecule has 106 valence electrons. The summed E-state index contributed by atoms with van der Waals surface area (Å²) >= 11 is 0. The summed E-state index contributed by atoms with van der Waals surface area (Å²) in [4.78, 5) is 0. The highest BCUT2D eigenvalue weighted by Gasteiger charge is 1.97. The molecule has 0 aromatic heterocycles. The van der Waals surface area contributed by atoms with Crippen LogP contribution in [0, 0.1) is 5.92 Å². The summed E-state index contributed by atoms with van der Waals surface area (Å²) in [5.41, 5.74) is 4.18. The molecule has 0 atom stereocenters. The van der Waals surface area contributed by atoms with Crippen molar-refractivity contribution in [2.75, 3.05) is 13.1 Å². The predicted molar refractivity (Wildman–Crippen MR) is 86.4 cm³/mol. The molecule has 1 aromatic carbocycles. The summed E-state index contributed by atoms with van der Waals surface area (Å²) in [6, 6.07) is 9.01. The Morgan fingerprint density at radius 1 is 1.21 bits per heavy atom. The van der Waals surface area contributed by atoms with Crippen LogP contribution in [0.1, 0.15) is 51.7 Å². The van der Waals surface area contributed by atoms with Crippen LogP contribution < -0.4 is 5.32 Å². The van der Waals surface area contributed by atoms with Gasteiger partial charge in [0.25, 0.3) is 0 Å². The topological polar surface area (TPSA) is 12.0 Å². The van der Waals surface area contributed by atoms with E-state index in [9.17, 15) is 0 Å². The highest BCUT2D eigenvalue weighted by Crippen LogP contribution is 2.15. The lowest BCUT2D eigenvalue weighted by atomic mass is 10.0. The number of benzene rings is 1. The first kappa shape index (κ1) is 16.0. The second-order valence-corrected chi connectivity index (χ2v) is 5.72. The largest absolute Gasteiger partial charge is 0.316 e. The van der Waals surface area contributed by atoms with Gasteiger partial charge >= 0.3 is 0 Å². The van der Waals surface area contributed by atoms with Crippen LogP contribution in [0.3, 0.4) is 0 Å². The van der Waals surface area contributed by atoms with Gasteiger partial charge in [-0.2, -0.15) is 0 Å². The molecule has 0 aliphatic heterocycles. The molecule has 0 bridgehead atoms. The maximum absolute atomic E-state index is 3.47. The van der Waals surface area contributed by atoms with E-state index < -0.39 is 0 Å². The van der Waals surface area contributed by atoms with E-state index >= 15 is 0 Å². The number of hydrogen-bond donors (Lipinski definition) is 1. The van der Waals surface area contributed by atoms with Crippen molar-refractivity contribution < 1.29 is 0 Å². The molecule has 1 heteroatoms. The minimum Gasteiger partial charge on any atom is -0.316 e. The van der Waals surface area contributed by atoms with E-state index in [0.717, 1.165) is 25.4 Å². The van der Waals surface area contributed by atoms with E-state index in [-0.39, 0.29) is 0 Å². The fourth-order valence-corrected chi connectivity index (χ4v) is 2.12. The molecule has 0 spiro atoms. The third-order valence-corrected chi connectivity index (χ3v) is 3.27. The summed E-state index contributed by atoms with van der Waals surface area (Å²) in [5, 5.41) is 3.47. The lowest BCUT2D eigenvalue weighted by Gasteiger charge is -2.07. The number of aryl methyl sites for hydroxylation is 1. The lowest BCUT2D eigenvalue weighted by Crippen LogP contribution is -2.20. The van der Waals surface area contributed by atoms with Crippen LogP contribution in [-0.4, -0.2) is 13.1 Å². The van der Waals surface area contributed by atoms with E-state index in [1.807, 2.05) is 0 Å². The summed E-state index contributed by atoms with van der Waals surface area (Å²) in [6.45, 7) is 11.1.